The van der Waals surface area contributed by atoms with Gasteiger partial charge in [-0.3, -0.25) is 4.98 Å². The molecule has 0 aliphatic carbocycles. The molecule has 2 aromatic rings. The van der Waals surface area contributed by atoms with Gasteiger partial charge in [0.1, 0.15) is 0 Å². The van der Waals surface area contributed by atoms with Crippen LogP contribution in [0, 0.1) is 6.92 Å². The molecule has 2 rings (SSSR count). The molecular formula is C15H21N3. The number of rotatable bonds is 5. The number of aryl methyl sites for hydroxylation is 1. The smallest absolute Gasteiger partial charge is 0.0488 e. The Morgan fingerprint density at radius 3 is 2.89 bits per heavy atom. The normalized spacial score (nSPS) is 11.1. The van der Waals surface area contributed by atoms with Gasteiger partial charge in [-0.05, 0) is 30.2 Å². The lowest BCUT2D eigenvalue weighted by atomic mass is 10.2. The Labute approximate surface area is 109 Å². The number of nitrogens with one attached hydrogen (secondary N) is 1. The van der Waals surface area contributed by atoms with Gasteiger partial charge < -0.3 is 9.88 Å². The first-order valence-corrected chi connectivity index (χ1v) is 6.43. The third-order valence-corrected chi connectivity index (χ3v) is 2.90. The van der Waals surface area contributed by atoms with Crippen molar-refractivity contribution >= 4 is 0 Å². The van der Waals surface area contributed by atoms with Crippen LogP contribution in [-0.2, 0) is 13.1 Å². The minimum Gasteiger partial charge on any atom is -0.346 e. The molecule has 0 saturated carbocycles. The minimum absolute atomic E-state index is 0.508. The lowest BCUT2D eigenvalue weighted by Gasteiger charge is -2.12. The van der Waals surface area contributed by atoms with Gasteiger partial charge in [0.15, 0.2) is 0 Å². The molecule has 0 amide bonds. The number of aromatic nitrogens is 2. The highest BCUT2D eigenvalue weighted by atomic mass is 15.0. The summed E-state index contributed by atoms with van der Waals surface area (Å²) in [6.07, 6.45) is 5.95. The van der Waals surface area contributed by atoms with E-state index in [0.717, 1.165) is 13.1 Å². The van der Waals surface area contributed by atoms with Gasteiger partial charge in [0.25, 0.3) is 0 Å². The van der Waals surface area contributed by atoms with Crippen LogP contribution in [0.5, 0.6) is 0 Å². The second kappa shape index (κ2) is 5.83. The van der Waals surface area contributed by atoms with Crippen LogP contribution in [0.1, 0.15) is 30.7 Å². The Bertz CT molecular complexity index is 500. The van der Waals surface area contributed by atoms with Crippen LogP contribution < -0.4 is 5.32 Å². The second-order valence-corrected chi connectivity index (χ2v) is 5.03. The highest BCUT2D eigenvalue weighted by Gasteiger charge is 2.03. The SMILES string of the molecule is Cc1cncc(Cn2cccc2CNC(C)C)c1. The molecule has 0 bridgehead atoms. The first-order valence-electron chi connectivity index (χ1n) is 6.43. The highest BCUT2D eigenvalue weighted by Crippen LogP contribution is 2.08. The van der Waals surface area contributed by atoms with E-state index >= 15 is 0 Å². The van der Waals surface area contributed by atoms with E-state index in [4.69, 9.17) is 0 Å². The number of pyridine rings is 1. The summed E-state index contributed by atoms with van der Waals surface area (Å²) in [5.41, 5.74) is 3.77. The summed E-state index contributed by atoms with van der Waals surface area (Å²) in [5.74, 6) is 0. The third kappa shape index (κ3) is 3.44. The monoisotopic (exact) mass is 243 g/mol. The van der Waals surface area contributed by atoms with Gasteiger partial charge >= 0.3 is 0 Å². The van der Waals surface area contributed by atoms with E-state index in [1.165, 1.54) is 16.8 Å². The standard InChI is InChI=1S/C15H21N3/c1-12(2)17-10-15-5-4-6-18(15)11-14-7-13(3)8-16-9-14/h4-9,12,17H,10-11H2,1-3H3. The topological polar surface area (TPSA) is 29.9 Å². The van der Waals surface area contributed by atoms with Crippen LogP contribution in [0.2, 0.25) is 0 Å². The molecule has 0 aliphatic heterocycles. The molecule has 3 nitrogen and oxygen atoms in total. The molecule has 3 heteroatoms. The zero-order valence-corrected chi connectivity index (χ0v) is 11.4. The van der Waals surface area contributed by atoms with Crippen molar-refractivity contribution in [1.82, 2.24) is 14.9 Å². The van der Waals surface area contributed by atoms with Gasteiger partial charge in [0, 0.05) is 43.4 Å². The van der Waals surface area contributed by atoms with Gasteiger partial charge in [-0.2, -0.15) is 0 Å². The minimum atomic E-state index is 0.508. The van der Waals surface area contributed by atoms with Crippen molar-refractivity contribution in [1.29, 1.82) is 0 Å². The van der Waals surface area contributed by atoms with Crippen molar-refractivity contribution in [3.8, 4) is 0 Å². The lowest BCUT2D eigenvalue weighted by molar-refractivity contribution is 0.564. The van der Waals surface area contributed by atoms with Crippen molar-refractivity contribution in [3.63, 3.8) is 0 Å². The summed E-state index contributed by atoms with van der Waals surface area (Å²) in [7, 11) is 0. The van der Waals surface area contributed by atoms with Gasteiger partial charge in [0.2, 0.25) is 0 Å². The van der Waals surface area contributed by atoms with Crippen LogP contribution in [0.3, 0.4) is 0 Å². The molecule has 18 heavy (non-hydrogen) atoms. The largest absolute Gasteiger partial charge is 0.346 e. The molecule has 0 unspecified atom stereocenters. The summed E-state index contributed by atoms with van der Waals surface area (Å²) in [6.45, 7) is 8.20. The Morgan fingerprint density at radius 2 is 2.17 bits per heavy atom. The van der Waals surface area contributed by atoms with E-state index < -0.39 is 0 Å². The summed E-state index contributed by atoms with van der Waals surface area (Å²) in [4.78, 5) is 4.24. The summed E-state index contributed by atoms with van der Waals surface area (Å²) in [6, 6.07) is 6.96. The Hall–Kier alpha value is -1.61. The van der Waals surface area contributed by atoms with E-state index in [9.17, 15) is 0 Å². The third-order valence-electron chi connectivity index (χ3n) is 2.90. The van der Waals surface area contributed by atoms with Gasteiger partial charge in [-0.1, -0.05) is 19.9 Å². The zero-order chi connectivity index (χ0) is 13.0. The zero-order valence-electron chi connectivity index (χ0n) is 11.4. The van der Waals surface area contributed by atoms with E-state index in [1.54, 1.807) is 0 Å². The lowest BCUT2D eigenvalue weighted by Crippen LogP contribution is -2.23. The van der Waals surface area contributed by atoms with Crippen LogP contribution in [0.25, 0.3) is 0 Å². The summed E-state index contributed by atoms with van der Waals surface area (Å²) < 4.78 is 2.27. The first kappa shape index (κ1) is 12.8. The maximum atomic E-state index is 4.24. The maximum absolute atomic E-state index is 4.24. The maximum Gasteiger partial charge on any atom is 0.0488 e. The molecule has 2 heterocycles. The molecule has 0 spiro atoms. The van der Waals surface area contributed by atoms with Crippen LogP contribution in [0.4, 0.5) is 0 Å². The molecule has 2 aromatic heterocycles. The average molecular weight is 243 g/mol. The molecule has 0 radical (unpaired) electrons. The van der Waals surface area contributed by atoms with Crippen molar-refractivity contribution in [2.45, 2.75) is 39.9 Å². The van der Waals surface area contributed by atoms with Crippen molar-refractivity contribution < 1.29 is 0 Å². The molecule has 0 aromatic carbocycles. The molecular weight excluding hydrogens is 222 g/mol. The Morgan fingerprint density at radius 1 is 1.33 bits per heavy atom. The van der Waals surface area contributed by atoms with Gasteiger partial charge in [-0.25, -0.2) is 0 Å². The van der Waals surface area contributed by atoms with E-state index in [2.05, 4.69) is 60.0 Å². The summed E-state index contributed by atoms with van der Waals surface area (Å²) >= 11 is 0. The fraction of sp³-hybridized carbons (Fsp3) is 0.400. The predicted octanol–water partition coefficient (Wildman–Crippen LogP) is 2.74. The Balaban J connectivity index is 2.07. The average Bonchev–Trinajstić information content (AvgIpc) is 2.74. The molecule has 0 fully saturated rings. The van der Waals surface area contributed by atoms with E-state index in [1.807, 2.05) is 12.4 Å². The number of hydrogen-bond acceptors (Lipinski definition) is 2. The molecule has 0 aliphatic rings. The fourth-order valence-electron chi connectivity index (χ4n) is 1.97. The first-order chi connectivity index (χ1) is 8.65. The van der Waals surface area contributed by atoms with Gasteiger partial charge in [-0.15, -0.1) is 0 Å². The van der Waals surface area contributed by atoms with Crippen LogP contribution in [0.15, 0.2) is 36.8 Å². The van der Waals surface area contributed by atoms with Crippen molar-refractivity contribution in [2.24, 2.45) is 0 Å². The van der Waals surface area contributed by atoms with Gasteiger partial charge in [0.05, 0.1) is 0 Å². The molecule has 0 atom stereocenters. The van der Waals surface area contributed by atoms with E-state index in [0.29, 0.717) is 6.04 Å². The highest BCUT2D eigenvalue weighted by molar-refractivity contribution is 5.18. The molecule has 1 N–H and O–H groups in total. The molecule has 96 valence electrons. The van der Waals surface area contributed by atoms with Crippen LogP contribution >= 0.6 is 0 Å². The van der Waals surface area contributed by atoms with Crippen LogP contribution in [-0.4, -0.2) is 15.6 Å². The summed E-state index contributed by atoms with van der Waals surface area (Å²) in [5, 5.41) is 3.45. The fourth-order valence-corrected chi connectivity index (χ4v) is 1.97. The Kier molecular flexibility index (Phi) is 4.15. The molecule has 0 saturated heterocycles. The quantitative estimate of drug-likeness (QED) is 0.875. The predicted molar refractivity (Wildman–Crippen MR) is 74.5 cm³/mol. The second-order valence-electron chi connectivity index (χ2n) is 5.03. The van der Waals surface area contributed by atoms with Crippen molar-refractivity contribution in [2.75, 3.05) is 0 Å². The van der Waals surface area contributed by atoms with Crippen molar-refractivity contribution in [3.05, 3.63) is 53.6 Å². The number of hydrogen-bond donors (Lipinski definition) is 1. The number of nitrogens with zero attached hydrogens (tertiary/aromatic N) is 2. The van der Waals surface area contributed by atoms with E-state index in [-0.39, 0.29) is 0 Å².